The number of hydrogen-bond donors (Lipinski definition) is 2. The van der Waals surface area contributed by atoms with Gasteiger partial charge in [0.2, 0.25) is 0 Å². The third-order valence-corrected chi connectivity index (χ3v) is 4.77. The van der Waals surface area contributed by atoms with Crippen LogP contribution >= 0.6 is 0 Å². The highest BCUT2D eigenvalue weighted by molar-refractivity contribution is 5.49. The molecule has 0 bridgehead atoms. The summed E-state index contributed by atoms with van der Waals surface area (Å²) in [5.74, 6) is -0.460. The van der Waals surface area contributed by atoms with Crippen molar-refractivity contribution >= 4 is 5.69 Å². The van der Waals surface area contributed by atoms with E-state index in [2.05, 4.69) is 5.32 Å². The first-order chi connectivity index (χ1) is 12.0. The largest absolute Gasteiger partial charge is 0.393 e. The van der Waals surface area contributed by atoms with Crippen molar-refractivity contribution in [1.29, 1.82) is 0 Å². The van der Waals surface area contributed by atoms with Crippen molar-refractivity contribution in [3.05, 3.63) is 64.7 Å². The van der Waals surface area contributed by atoms with Crippen molar-refractivity contribution < 1.29 is 13.9 Å². The Labute approximate surface area is 147 Å². The topological polar surface area (TPSA) is 35.5 Å². The van der Waals surface area contributed by atoms with Crippen molar-refractivity contribution in [2.75, 3.05) is 18.0 Å². The molecule has 134 valence electrons. The van der Waals surface area contributed by atoms with Crippen molar-refractivity contribution in [2.24, 2.45) is 0 Å². The van der Waals surface area contributed by atoms with E-state index in [0.717, 1.165) is 16.7 Å². The normalized spacial score (nSPS) is 15.6. The highest BCUT2D eigenvalue weighted by Crippen LogP contribution is 2.24. The molecule has 0 atom stereocenters. The molecule has 1 heterocycles. The number of nitrogens with zero attached hydrogens (tertiary/aromatic N) is 1. The van der Waals surface area contributed by atoms with Crippen molar-refractivity contribution in [1.82, 2.24) is 5.32 Å². The van der Waals surface area contributed by atoms with Crippen LogP contribution in [0.1, 0.15) is 29.5 Å². The molecule has 5 heteroatoms. The fourth-order valence-corrected chi connectivity index (χ4v) is 3.22. The average molecular weight is 346 g/mol. The number of piperidine rings is 1. The van der Waals surface area contributed by atoms with Crippen LogP contribution in [0.2, 0.25) is 0 Å². The van der Waals surface area contributed by atoms with Crippen molar-refractivity contribution in [2.45, 2.75) is 39.0 Å². The third-order valence-electron chi connectivity index (χ3n) is 4.77. The number of rotatable bonds is 5. The molecule has 0 unspecified atom stereocenters. The fourth-order valence-electron chi connectivity index (χ4n) is 3.22. The zero-order chi connectivity index (χ0) is 17.8. The van der Waals surface area contributed by atoms with Gasteiger partial charge in [-0.25, -0.2) is 8.78 Å². The lowest BCUT2D eigenvalue weighted by molar-refractivity contribution is 0.145. The summed E-state index contributed by atoms with van der Waals surface area (Å²) in [7, 11) is 0. The predicted molar refractivity (Wildman–Crippen MR) is 95.5 cm³/mol. The smallest absolute Gasteiger partial charge is 0.146 e. The molecule has 2 N–H and O–H groups in total. The Kier molecular flexibility index (Phi) is 5.66. The van der Waals surface area contributed by atoms with Gasteiger partial charge in [0.15, 0.2) is 0 Å². The van der Waals surface area contributed by atoms with E-state index in [1.165, 1.54) is 12.1 Å². The number of halogens is 2. The molecule has 1 fully saturated rings. The van der Waals surface area contributed by atoms with Gasteiger partial charge in [-0.3, -0.25) is 0 Å². The van der Waals surface area contributed by atoms with E-state index in [0.29, 0.717) is 44.7 Å². The van der Waals surface area contributed by atoms with Crippen LogP contribution in [-0.2, 0) is 13.1 Å². The number of hydrogen-bond acceptors (Lipinski definition) is 3. The van der Waals surface area contributed by atoms with E-state index in [4.69, 9.17) is 0 Å². The lowest BCUT2D eigenvalue weighted by Gasteiger charge is -2.31. The molecule has 0 aliphatic carbocycles. The first-order valence-electron chi connectivity index (χ1n) is 8.70. The third kappa shape index (κ3) is 4.55. The van der Waals surface area contributed by atoms with Crippen LogP contribution in [0.4, 0.5) is 14.5 Å². The molecule has 25 heavy (non-hydrogen) atoms. The second-order valence-corrected chi connectivity index (χ2v) is 6.68. The number of anilines is 1. The van der Waals surface area contributed by atoms with Crippen LogP contribution in [-0.4, -0.2) is 24.3 Å². The van der Waals surface area contributed by atoms with E-state index in [9.17, 15) is 13.9 Å². The highest BCUT2D eigenvalue weighted by atomic mass is 19.1. The minimum atomic E-state index is -0.266. The molecule has 2 aromatic rings. The molecular weight excluding hydrogens is 322 g/mol. The van der Waals surface area contributed by atoms with Crippen LogP contribution in [0.15, 0.2) is 36.4 Å². The molecule has 1 aliphatic heterocycles. The van der Waals surface area contributed by atoms with Gasteiger partial charge >= 0.3 is 0 Å². The molecular formula is C20H24F2N2O. The maximum absolute atomic E-state index is 14.4. The number of nitrogens with one attached hydrogen (secondary N) is 1. The van der Waals surface area contributed by atoms with E-state index in [1.54, 1.807) is 12.1 Å². The number of aryl methyl sites for hydroxylation is 1. The molecule has 1 aliphatic rings. The Balaban J connectivity index is 1.57. The summed E-state index contributed by atoms with van der Waals surface area (Å²) in [6.07, 6.45) is 1.09. The van der Waals surface area contributed by atoms with E-state index in [1.807, 2.05) is 24.0 Å². The van der Waals surface area contributed by atoms with Crippen LogP contribution in [0.5, 0.6) is 0 Å². The van der Waals surface area contributed by atoms with Gasteiger partial charge in [-0.05, 0) is 60.7 Å². The quantitative estimate of drug-likeness (QED) is 0.869. The Hall–Kier alpha value is -1.98. The maximum atomic E-state index is 14.4. The molecule has 2 aromatic carbocycles. The second kappa shape index (κ2) is 7.93. The zero-order valence-corrected chi connectivity index (χ0v) is 14.4. The minimum absolute atomic E-state index is 0.228. The predicted octanol–water partition coefficient (Wildman–Crippen LogP) is 3.52. The molecule has 1 saturated heterocycles. The molecule has 3 rings (SSSR count). The molecule has 0 radical (unpaired) electrons. The lowest BCUT2D eigenvalue weighted by atomic mass is 10.1. The SMILES string of the molecule is Cc1cc(F)ccc1CNCc1ccc(N2CCC(O)CC2)c(F)c1. The zero-order valence-electron chi connectivity index (χ0n) is 14.4. The Morgan fingerprint density at radius 3 is 2.52 bits per heavy atom. The highest BCUT2D eigenvalue weighted by Gasteiger charge is 2.19. The van der Waals surface area contributed by atoms with Crippen LogP contribution in [0.25, 0.3) is 0 Å². The van der Waals surface area contributed by atoms with Gasteiger partial charge in [-0.2, -0.15) is 0 Å². The summed E-state index contributed by atoms with van der Waals surface area (Å²) in [4.78, 5) is 1.99. The van der Waals surface area contributed by atoms with Crippen LogP contribution in [0, 0.1) is 18.6 Å². The van der Waals surface area contributed by atoms with Gasteiger partial charge in [-0.1, -0.05) is 12.1 Å². The van der Waals surface area contributed by atoms with E-state index < -0.39 is 0 Å². The Morgan fingerprint density at radius 1 is 1.08 bits per heavy atom. The van der Waals surface area contributed by atoms with E-state index in [-0.39, 0.29) is 17.7 Å². The van der Waals surface area contributed by atoms with Crippen molar-refractivity contribution in [3.8, 4) is 0 Å². The van der Waals surface area contributed by atoms with Gasteiger partial charge in [0, 0.05) is 26.2 Å². The van der Waals surface area contributed by atoms with Crippen LogP contribution < -0.4 is 10.2 Å². The van der Waals surface area contributed by atoms with Crippen LogP contribution in [0.3, 0.4) is 0 Å². The Bertz CT molecular complexity index is 728. The molecule has 0 amide bonds. The summed E-state index contributed by atoms with van der Waals surface area (Å²) < 4.78 is 27.5. The number of benzene rings is 2. The van der Waals surface area contributed by atoms with Gasteiger partial charge < -0.3 is 15.3 Å². The Morgan fingerprint density at radius 2 is 1.84 bits per heavy atom. The first kappa shape index (κ1) is 17.8. The van der Waals surface area contributed by atoms with Gasteiger partial charge in [0.1, 0.15) is 11.6 Å². The van der Waals surface area contributed by atoms with Crippen molar-refractivity contribution in [3.63, 3.8) is 0 Å². The summed E-state index contributed by atoms with van der Waals surface area (Å²) in [5, 5.41) is 12.8. The number of aliphatic hydroxyl groups excluding tert-OH is 1. The molecule has 0 spiro atoms. The summed E-state index contributed by atoms with van der Waals surface area (Å²) in [6.45, 7) is 4.40. The molecule has 0 saturated carbocycles. The van der Waals surface area contributed by atoms with E-state index >= 15 is 0 Å². The van der Waals surface area contributed by atoms with Gasteiger partial charge in [0.25, 0.3) is 0 Å². The first-order valence-corrected chi connectivity index (χ1v) is 8.70. The second-order valence-electron chi connectivity index (χ2n) is 6.68. The monoisotopic (exact) mass is 346 g/mol. The summed E-state index contributed by atoms with van der Waals surface area (Å²) in [5.41, 5.74) is 3.41. The van der Waals surface area contributed by atoms with Gasteiger partial charge in [0.05, 0.1) is 11.8 Å². The average Bonchev–Trinajstić information content (AvgIpc) is 2.58. The molecule has 0 aromatic heterocycles. The fraction of sp³-hybridized carbons (Fsp3) is 0.400. The summed E-state index contributed by atoms with van der Waals surface area (Å²) >= 11 is 0. The maximum Gasteiger partial charge on any atom is 0.146 e. The minimum Gasteiger partial charge on any atom is -0.393 e. The number of aliphatic hydroxyl groups is 1. The lowest BCUT2D eigenvalue weighted by Crippen LogP contribution is -2.36. The van der Waals surface area contributed by atoms with Gasteiger partial charge in [-0.15, -0.1) is 0 Å². The molecule has 3 nitrogen and oxygen atoms in total. The standard InChI is InChI=1S/C20H24F2N2O/c1-14-10-17(21)4-3-16(14)13-23-12-15-2-5-20(19(22)11-15)24-8-6-18(25)7-9-24/h2-5,10-11,18,23,25H,6-9,12-13H2,1H3. The summed E-state index contributed by atoms with van der Waals surface area (Å²) in [6, 6.07) is 10.0.